The first-order valence-electron chi connectivity index (χ1n) is 8.32. The smallest absolute Gasteiger partial charge is 0.224 e. The highest BCUT2D eigenvalue weighted by molar-refractivity contribution is 5.79. The third-order valence-electron chi connectivity index (χ3n) is 4.04. The van der Waals surface area contributed by atoms with Crippen LogP contribution in [0.25, 0.3) is 11.2 Å². The van der Waals surface area contributed by atoms with Crippen LogP contribution in [0.3, 0.4) is 0 Å². The molecule has 1 amide bonds. The van der Waals surface area contributed by atoms with Gasteiger partial charge in [-0.25, -0.2) is 14.4 Å². The molecule has 0 saturated heterocycles. The monoisotopic (exact) mass is 340 g/mol. The Balaban J connectivity index is 1.79. The molecule has 6 heteroatoms. The van der Waals surface area contributed by atoms with Crippen LogP contribution in [0, 0.1) is 5.82 Å². The van der Waals surface area contributed by atoms with E-state index in [0.717, 1.165) is 22.6 Å². The predicted molar refractivity (Wildman–Crippen MR) is 94.6 cm³/mol. The Bertz CT molecular complexity index is 886. The van der Waals surface area contributed by atoms with E-state index in [-0.39, 0.29) is 30.2 Å². The van der Waals surface area contributed by atoms with Crippen molar-refractivity contribution in [1.82, 2.24) is 19.9 Å². The molecule has 25 heavy (non-hydrogen) atoms. The zero-order chi connectivity index (χ0) is 18.0. The lowest BCUT2D eigenvalue weighted by molar-refractivity contribution is -0.121. The van der Waals surface area contributed by atoms with Gasteiger partial charge in [0.2, 0.25) is 5.91 Å². The molecule has 2 heterocycles. The van der Waals surface area contributed by atoms with E-state index in [1.807, 2.05) is 23.6 Å². The molecule has 3 rings (SSSR count). The second kappa shape index (κ2) is 7.01. The summed E-state index contributed by atoms with van der Waals surface area (Å²) in [6, 6.07) is 9.63. The largest absolute Gasteiger partial charge is 0.346 e. The van der Waals surface area contributed by atoms with Crippen molar-refractivity contribution in [3.63, 3.8) is 0 Å². The van der Waals surface area contributed by atoms with Gasteiger partial charge in [-0.05, 0) is 50.6 Å². The summed E-state index contributed by atoms with van der Waals surface area (Å²) in [6.45, 7) is 6.03. The summed E-state index contributed by atoms with van der Waals surface area (Å²) in [5, 5.41) is 2.97. The first kappa shape index (κ1) is 17.1. The van der Waals surface area contributed by atoms with Gasteiger partial charge in [0.1, 0.15) is 17.2 Å². The van der Waals surface area contributed by atoms with Crippen LogP contribution in [0.2, 0.25) is 0 Å². The molecule has 3 aromatic rings. The minimum atomic E-state index is -0.310. The summed E-state index contributed by atoms with van der Waals surface area (Å²) < 4.78 is 15.0. The number of aromatic nitrogens is 3. The van der Waals surface area contributed by atoms with Crippen LogP contribution < -0.4 is 5.32 Å². The van der Waals surface area contributed by atoms with Gasteiger partial charge < -0.3 is 9.88 Å². The zero-order valence-corrected chi connectivity index (χ0v) is 14.5. The Morgan fingerprint density at radius 3 is 2.60 bits per heavy atom. The molecule has 0 unspecified atom stereocenters. The van der Waals surface area contributed by atoms with Crippen LogP contribution in [-0.4, -0.2) is 20.4 Å². The number of imidazole rings is 1. The van der Waals surface area contributed by atoms with E-state index in [0.29, 0.717) is 0 Å². The lowest BCUT2D eigenvalue weighted by Crippen LogP contribution is -2.30. The fraction of sp³-hybridized carbons (Fsp3) is 0.316. The number of halogens is 1. The van der Waals surface area contributed by atoms with Gasteiger partial charge in [0.05, 0.1) is 12.5 Å². The van der Waals surface area contributed by atoms with E-state index >= 15 is 0 Å². The highest BCUT2D eigenvalue weighted by atomic mass is 19.1. The summed E-state index contributed by atoms with van der Waals surface area (Å²) in [7, 11) is 0. The number of pyridine rings is 1. The molecule has 5 nitrogen and oxygen atoms in total. The number of fused-ring (bicyclic) bond motifs is 1. The molecule has 0 fully saturated rings. The summed E-state index contributed by atoms with van der Waals surface area (Å²) in [6.07, 6.45) is 1.94. The van der Waals surface area contributed by atoms with Gasteiger partial charge in [-0.2, -0.15) is 0 Å². The van der Waals surface area contributed by atoms with Crippen LogP contribution in [-0.2, 0) is 11.2 Å². The van der Waals surface area contributed by atoms with Crippen molar-refractivity contribution in [2.75, 3.05) is 0 Å². The summed E-state index contributed by atoms with van der Waals surface area (Å²) in [5.74, 6) is 0.335. The van der Waals surface area contributed by atoms with Crippen LogP contribution >= 0.6 is 0 Å². The van der Waals surface area contributed by atoms with E-state index in [1.165, 1.54) is 12.1 Å². The maximum absolute atomic E-state index is 13.0. The lowest BCUT2D eigenvalue weighted by Gasteiger charge is -2.18. The molecular weight excluding hydrogens is 319 g/mol. The Morgan fingerprint density at radius 1 is 1.20 bits per heavy atom. The number of nitrogens with zero attached hydrogens (tertiary/aromatic N) is 3. The van der Waals surface area contributed by atoms with Crippen molar-refractivity contribution in [2.24, 2.45) is 0 Å². The number of rotatable bonds is 5. The number of hydrogen-bond donors (Lipinski definition) is 1. The average Bonchev–Trinajstić information content (AvgIpc) is 2.96. The van der Waals surface area contributed by atoms with Crippen LogP contribution in [0.4, 0.5) is 4.39 Å². The number of benzene rings is 1. The second-order valence-electron chi connectivity index (χ2n) is 6.37. The molecule has 0 spiro atoms. The number of nitrogens with one attached hydrogen (secondary N) is 1. The Labute approximate surface area is 145 Å². The minimum Gasteiger partial charge on any atom is -0.346 e. The maximum Gasteiger partial charge on any atom is 0.224 e. The Kier molecular flexibility index (Phi) is 4.79. The molecule has 0 aliphatic rings. The molecule has 1 atom stereocenters. The number of carbonyl (C=O) groups is 1. The van der Waals surface area contributed by atoms with Crippen LogP contribution in [0.15, 0.2) is 42.6 Å². The SMILES string of the molecule is CC(C)n1c([C@@H](C)NC(=O)Cc2ccc(F)cc2)nc2cccnc21. The van der Waals surface area contributed by atoms with Crippen LogP contribution in [0.1, 0.15) is 44.2 Å². The molecular formula is C19H21FN4O. The Morgan fingerprint density at radius 2 is 1.92 bits per heavy atom. The van der Waals surface area contributed by atoms with E-state index in [9.17, 15) is 9.18 Å². The fourth-order valence-corrected chi connectivity index (χ4v) is 2.91. The highest BCUT2D eigenvalue weighted by Crippen LogP contribution is 2.23. The van der Waals surface area contributed by atoms with Gasteiger partial charge >= 0.3 is 0 Å². The molecule has 1 N–H and O–H groups in total. The van der Waals surface area contributed by atoms with E-state index in [2.05, 4.69) is 29.1 Å². The van der Waals surface area contributed by atoms with Crippen LogP contribution in [0.5, 0.6) is 0 Å². The van der Waals surface area contributed by atoms with Crippen molar-refractivity contribution < 1.29 is 9.18 Å². The van der Waals surface area contributed by atoms with Gasteiger partial charge in [0, 0.05) is 12.2 Å². The highest BCUT2D eigenvalue weighted by Gasteiger charge is 2.20. The average molecular weight is 340 g/mol. The minimum absolute atomic E-state index is 0.130. The van der Waals surface area contributed by atoms with Gasteiger partial charge in [0.25, 0.3) is 0 Å². The third-order valence-corrected chi connectivity index (χ3v) is 4.04. The first-order chi connectivity index (χ1) is 12.0. The lowest BCUT2D eigenvalue weighted by atomic mass is 10.1. The normalized spacial score (nSPS) is 12.5. The van der Waals surface area contributed by atoms with Gasteiger partial charge in [0.15, 0.2) is 5.65 Å². The van der Waals surface area contributed by atoms with E-state index in [4.69, 9.17) is 0 Å². The molecule has 0 saturated carbocycles. The van der Waals surface area contributed by atoms with Crippen molar-refractivity contribution in [3.8, 4) is 0 Å². The summed E-state index contributed by atoms with van der Waals surface area (Å²) in [5.41, 5.74) is 2.39. The van der Waals surface area contributed by atoms with Crippen molar-refractivity contribution in [3.05, 3.63) is 59.8 Å². The molecule has 2 aromatic heterocycles. The maximum atomic E-state index is 13.0. The quantitative estimate of drug-likeness (QED) is 0.772. The third kappa shape index (κ3) is 3.68. The summed E-state index contributed by atoms with van der Waals surface area (Å²) >= 11 is 0. The standard InChI is InChI=1S/C19H21FN4O/c1-12(2)24-18(23-16-5-4-10-21-19(16)24)13(3)22-17(25)11-14-6-8-15(20)9-7-14/h4-10,12-13H,11H2,1-3H3,(H,22,25)/t13-/m1/s1. The van der Waals surface area contributed by atoms with Gasteiger partial charge in [-0.1, -0.05) is 12.1 Å². The number of hydrogen-bond acceptors (Lipinski definition) is 3. The second-order valence-corrected chi connectivity index (χ2v) is 6.37. The molecule has 0 aliphatic heterocycles. The molecule has 130 valence electrons. The van der Waals surface area contributed by atoms with Gasteiger partial charge in [-0.3, -0.25) is 4.79 Å². The van der Waals surface area contributed by atoms with E-state index in [1.54, 1.807) is 18.3 Å². The molecule has 0 bridgehead atoms. The molecule has 0 aliphatic carbocycles. The fourth-order valence-electron chi connectivity index (χ4n) is 2.91. The summed E-state index contributed by atoms with van der Waals surface area (Å²) in [4.78, 5) is 21.4. The molecule has 1 aromatic carbocycles. The Hall–Kier alpha value is -2.76. The molecule has 0 radical (unpaired) electrons. The van der Waals surface area contributed by atoms with Crippen molar-refractivity contribution in [1.29, 1.82) is 0 Å². The first-order valence-corrected chi connectivity index (χ1v) is 8.32. The van der Waals surface area contributed by atoms with Crippen molar-refractivity contribution in [2.45, 2.75) is 39.3 Å². The topological polar surface area (TPSA) is 59.8 Å². The van der Waals surface area contributed by atoms with Gasteiger partial charge in [-0.15, -0.1) is 0 Å². The van der Waals surface area contributed by atoms with Crippen molar-refractivity contribution >= 4 is 17.1 Å². The van der Waals surface area contributed by atoms with E-state index < -0.39 is 0 Å². The predicted octanol–water partition coefficient (Wildman–Crippen LogP) is 3.57. The number of amides is 1. The number of carbonyl (C=O) groups excluding carboxylic acids is 1. The zero-order valence-electron chi connectivity index (χ0n) is 14.5.